The third kappa shape index (κ3) is 3.16. The first-order valence-corrected chi connectivity index (χ1v) is 5.89. The molecule has 3 nitrogen and oxygen atoms in total. The van der Waals surface area contributed by atoms with E-state index >= 15 is 0 Å². The molecule has 0 radical (unpaired) electrons. The van der Waals surface area contributed by atoms with E-state index in [1.807, 2.05) is 12.1 Å². The molecule has 2 N–H and O–H groups in total. The van der Waals surface area contributed by atoms with Gasteiger partial charge in [0.15, 0.2) is 0 Å². The minimum Gasteiger partial charge on any atom is -0.325 e. The average Bonchev–Trinajstić information content (AvgIpc) is 2.34. The lowest BCUT2D eigenvalue weighted by molar-refractivity contribution is 0.891. The smallest absolute Gasteiger partial charge is 0.132 e. The first-order valence-electron chi connectivity index (χ1n) is 5.14. The van der Waals surface area contributed by atoms with Crippen LogP contribution in [0.1, 0.15) is 17.1 Å². The van der Waals surface area contributed by atoms with Crippen LogP contribution in [0.3, 0.4) is 0 Å². The molecule has 0 spiro atoms. The van der Waals surface area contributed by atoms with Gasteiger partial charge in [0.25, 0.3) is 0 Å². The molecule has 0 saturated heterocycles. The number of nitrogens with zero attached hydrogens (tertiary/aromatic N) is 2. The second-order valence-corrected chi connectivity index (χ2v) is 4.41. The molecule has 2 rings (SSSR count). The molecule has 1 heterocycles. The minimum atomic E-state index is 0.414. The molecule has 0 atom stereocenters. The summed E-state index contributed by atoms with van der Waals surface area (Å²) in [5.74, 6) is 0.728. The molecule has 88 valence electrons. The lowest BCUT2D eigenvalue weighted by Crippen LogP contribution is -2.04. The number of aromatic nitrogens is 2. The Balaban J connectivity index is 2.22. The summed E-state index contributed by atoms with van der Waals surface area (Å²) in [6.07, 6.45) is 2.33. The van der Waals surface area contributed by atoms with Crippen LogP contribution >= 0.6 is 23.2 Å². The molecule has 0 unspecified atom stereocenters. The zero-order valence-corrected chi connectivity index (χ0v) is 10.5. The lowest BCUT2D eigenvalue weighted by Gasteiger charge is -2.03. The predicted molar refractivity (Wildman–Crippen MR) is 69.2 cm³/mol. The highest BCUT2D eigenvalue weighted by Crippen LogP contribution is 2.23. The standard InChI is InChI=1S/C12H11Cl2N3/c13-10-2-1-8(5-11(10)14)6-12-16-4-3-9(7-15)17-12/h1-5H,6-7,15H2. The van der Waals surface area contributed by atoms with Crippen molar-refractivity contribution in [1.82, 2.24) is 9.97 Å². The van der Waals surface area contributed by atoms with Gasteiger partial charge >= 0.3 is 0 Å². The van der Waals surface area contributed by atoms with Crippen LogP contribution in [0.25, 0.3) is 0 Å². The highest BCUT2D eigenvalue weighted by Gasteiger charge is 2.03. The first kappa shape index (κ1) is 12.3. The Morgan fingerprint density at radius 3 is 2.65 bits per heavy atom. The Morgan fingerprint density at radius 1 is 1.12 bits per heavy atom. The third-order valence-electron chi connectivity index (χ3n) is 2.32. The van der Waals surface area contributed by atoms with Crippen LogP contribution in [0.15, 0.2) is 30.5 Å². The molecule has 0 aliphatic rings. The summed E-state index contributed by atoms with van der Waals surface area (Å²) < 4.78 is 0. The van der Waals surface area contributed by atoms with Crippen molar-refractivity contribution in [2.24, 2.45) is 5.73 Å². The Kier molecular flexibility index (Phi) is 3.94. The third-order valence-corrected chi connectivity index (χ3v) is 3.06. The fourth-order valence-electron chi connectivity index (χ4n) is 1.47. The molecule has 1 aromatic carbocycles. The van der Waals surface area contributed by atoms with Crippen LogP contribution in [-0.2, 0) is 13.0 Å². The number of rotatable bonds is 3. The molecular formula is C12H11Cl2N3. The maximum atomic E-state index is 5.95. The summed E-state index contributed by atoms with van der Waals surface area (Å²) >= 11 is 11.8. The van der Waals surface area contributed by atoms with Gasteiger partial charge in [-0.15, -0.1) is 0 Å². The van der Waals surface area contributed by atoms with Crippen molar-refractivity contribution < 1.29 is 0 Å². The molecule has 0 amide bonds. The van der Waals surface area contributed by atoms with Gasteiger partial charge in [-0.25, -0.2) is 9.97 Å². The van der Waals surface area contributed by atoms with E-state index in [-0.39, 0.29) is 0 Å². The monoisotopic (exact) mass is 267 g/mol. The molecule has 17 heavy (non-hydrogen) atoms. The van der Waals surface area contributed by atoms with Crippen molar-refractivity contribution in [3.63, 3.8) is 0 Å². The normalized spacial score (nSPS) is 10.5. The van der Waals surface area contributed by atoms with Crippen molar-refractivity contribution in [3.05, 3.63) is 57.6 Å². The van der Waals surface area contributed by atoms with Crippen LogP contribution in [0.5, 0.6) is 0 Å². The molecule has 0 saturated carbocycles. The first-order chi connectivity index (χ1) is 8.19. The van der Waals surface area contributed by atoms with Crippen LogP contribution in [0.2, 0.25) is 10.0 Å². The molecular weight excluding hydrogens is 257 g/mol. The fourth-order valence-corrected chi connectivity index (χ4v) is 1.79. The van der Waals surface area contributed by atoms with Crippen LogP contribution in [0, 0.1) is 0 Å². The van der Waals surface area contributed by atoms with Gasteiger partial charge < -0.3 is 5.73 Å². The van der Waals surface area contributed by atoms with Gasteiger partial charge in [0, 0.05) is 19.2 Å². The molecule has 0 aliphatic carbocycles. The zero-order valence-electron chi connectivity index (χ0n) is 9.03. The Bertz CT molecular complexity index is 529. The highest BCUT2D eigenvalue weighted by molar-refractivity contribution is 6.42. The number of halogens is 2. The number of hydrogen-bond acceptors (Lipinski definition) is 3. The summed E-state index contributed by atoms with van der Waals surface area (Å²) in [7, 11) is 0. The molecule has 0 aliphatic heterocycles. The summed E-state index contributed by atoms with van der Waals surface area (Å²) in [4.78, 5) is 8.52. The quantitative estimate of drug-likeness (QED) is 0.931. The van der Waals surface area contributed by atoms with Gasteiger partial charge in [-0.05, 0) is 23.8 Å². The van der Waals surface area contributed by atoms with E-state index in [9.17, 15) is 0 Å². The Morgan fingerprint density at radius 2 is 1.94 bits per heavy atom. The number of hydrogen-bond donors (Lipinski definition) is 1. The molecule has 5 heteroatoms. The SMILES string of the molecule is NCc1ccnc(Cc2ccc(Cl)c(Cl)c2)n1. The van der Waals surface area contributed by atoms with E-state index in [2.05, 4.69) is 9.97 Å². The van der Waals surface area contributed by atoms with Crippen molar-refractivity contribution >= 4 is 23.2 Å². The summed E-state index contributed by atoms with van der Waals surface area (Å²) in [5.41, 5.74) is 7.38. The molecule has 0 fully saturated rings. The van der Waals surface area contributed by atoms with Gasteiger partial charge in [-0.3, -0.25) is 0 Å². The van der Waals surface area contributed by atoms with Crippen LogP contribution < -0.4 is 5.73 Å². The van der Waals surface area contributed by atoms with Gasteiger partial charge in [-0.2, -0.15) is 0 Å². The lowest BCUT2D eigenvalue weighted by atomic mass is 10.1. The fraction of sp³-hybridized carbons (Fsp3) is 0.167. The van der Waals surface area contributed by atoms with E-state index in [4.69, 9.17) is 28.9 Å². The highest BCUT2D eigenvalue weighted by atomic mass is 35.5. The van der Waals surface area contributed by atoms with Crippen molar-refractivity contribution in [2.45, 2.75) is 13.0 Å². The molecule has 2 aromatic rings. The topological polar surface area (TPSA) is 51.8 Å². The number of benzene rings is 1. The minimum absolute atomic E-state index is 0.414. The average molecular weight is 268 g/mol. The Labute approximate surface area is 110 Å². The van der Waals surface area contributed by atoms with Crippen LogP contribution in [0.4, 0.5) is 0 Å². The van der Waals surface area contributed by atoms with Gasteiger partial charge in [0.05, 0.1) is 15.7 Å². The molecule has 1 aromatic heterocycles. The van der Waals surface area contributed by atoms with E-state index in [1.165, 1.54) is 0 Å². The summed E-state index contributed by atoms with van der Waals surface area (Å²) in [6, 6.07) is 7.30. The second-order valence-electron chi connectivity index (χ2n) is 3.59. The Hall–Kier alpha value is -1.16. The molecule has 0 bridgehead atoms. The summed E-state index contributed by atoms with van der Waals surface area (Å²) in [5, 5.41) is 1.09. The van der Waals surface area contributed by atoms with E-state index in [0.29, 0.717) is 23.0 Å². The van der Waals surface area contributed by atoms with Crippen LogP contribution in [-0.4, -0.2) is 9.97 Å². The van der Waals surface area contributed by atoms with Crippen molar-refractivity contribution in [2.75, 3.05) is 0 Å². The zero-order chi connectivity index (χ0) is 12.3. The number of nitrogens with two attached hydrogens (primary N) is 1. The maximum Gasteiger partial charge on any atom is 0.132 e. The summed E-state index contributed by atoms with van der Waals surface area (Å²) in [6.45, 7) is 0.414. The maximum absolute atomic E-state index is 5.95. The second kappa shape index (κ2) is 5.45. The van der Waals surface area contributed by atoms with E-state index in [1.54, 1.807) is 18.3 Å². The van der Waals surface area contributed by atoms with Gasteiger partial charge in [0.1, 0.15) is 5.82 Å². The van der Waals surface area contributed by atoms with E-state index in [0.717, 1.165) is 17.1 Å². The predicted octanol–water partition coefficient (Wildman–Crippen LogP) is 2.83. The van der Waals surface area contributed by atoms with Gasteiger partial charge in [0.2, 0.25) is 0 Å². The van der Waals surface area contributed by atoms with Crippen molar-refractivity contribution in [1.29, 1.82) is 0 Å². The van der Waals surface area contributed by atoms with Crippen molar-refractivity contribution in [3.8, 4) is 0 Å². The largest absolute Gasteiger partial charge is 0.325 e. The van der Waals surface area contributed by atoms with E-state index < -0.39 is 0 Å². The van der Waals surface area contributed by atoms with Gasteiger partial charge in [-0.1, -0.05) is 29.3 Å².